The number of anilines is 1. The van der Waals surface area contributed by atoms with E-state index in [1.165, 1.54) is 23.5 Å². The Hall–Kier alpha value is -1.82. The molecule has 2 aromatic rings. The molecule has 0 aliphatic carbocycles. The summed E-state index contributed by atoms with van der Waals surface area (Å²) in [6, 6.07) is 6.02. The first-order valence-corrected chi connectivity index (χ1v) is 7.81. The number of carbonyl (C=O) groups is 1. The van der Waals surface area contributed by atoms with E-state index < -0.39 is 0 Å². The van der Waals surface area contributed by atoms with E-state index in [1.807, 2.05) is 0 Å². The minimum atomic E-state index is -0.341. The molecule has 0 aliphatic rings. The summed E-state index contributed by atoms with van der Waals surface area (Å²) in [5.41, 5.74) is 0.636. The van der Waals surface area contributed by atoms with Gasteiger partial charge in [0.15, 0.2) is 0 Å². The van der Waals surface area contributed by atoms with Gasteiger partial charge in [-0.1, -0.05) is 37.3 Å². The quantitative estimate of drug-likeness (QED) is 0.884. The molecule has 0 spiro atoms. The molecule has 2 rings (SSSR count). The van der Waals surface area contributed by atoms with Gasteiger partial charge >= 0.3 is 0 Å². The molecule has 1 aromatic heterocycles. The van der Waals surface area contributed by atoms with Gasteiger partial charge in [0.2, 0.25) is 11.0 Å². The average molecular weight is 307 g/mol. The fourth-order valence-corrected chi connectivity index (χ4v) is 3.11. The predicted octanol–water partition coefficient (Wildman–Crippen LogP) is 3.76. The van der Waals surface area contributed by atoms with Crippen LogP contribution in [-0.2, 0) is 11.2 Å². The predicted molar refractivity (Wildman–Crippen MR) is 82.0 cm³/mol. The second-order valence-electron chi connectivity index (χ2n) is 4.81. The molecule has 1 amide bonds. The molecule has 6 heteroatoms. The van der Waals surface area contributed by atoms with Gasteiger partial charge in [0.1, 0.15) is 10.8 Å². The van der Waals surface area contributed by atoms with E-state index in [0.29, 0.717) is 16.6 Å². The summed E-state index contributed by atoms with van der Waals surface area (Å²) in [5.74, 6) is -0.170. The van der Waals surface area contributed by atoms with Crippen LogP contribution < -0.4 is 5.32 Å². The summed E-state index contributed by atoms with van der Waals surface area (Å²) in [7, 11) is 0. The highest BCUT2D eigenvalue weighted by Crippen LogP contribution is 2.28. The largest absolute Gasteiger partial charge is 0.300 e. The van der Waals surface area contributed by atoms with Crippen LogP contribution in [0.4, 0.5) is 9.52 Å². The highest BCUT2D eigenvalue weighted by Gasteiger charge is 2.14. The normalized spacial score (nSPS) is 10.9. The molecular formula is C15H18FN3OS. The van der Waals surface area contributed by atoms with Crippen LogP contribution in [0.2, 0.25) is 0 Å². The van der Waals surface area contributed by atoms with Crippen molar-refractivity contribution in [1.29, 1.82) is 0 Å². The Balaban J connectivity index is 1.97. The molecular weight excluding hydrogens is 289 g/mol. The molecule has 0 bridgehead atoms. The number of nitrogens with one attached hydrogen (secondary N) is 1. The molecule has 112 valence electrons. The Labute approximate surface area is 127 Å². The Morgan fingerprint density at radius 2 is 2.10 bits per heavy atom. The van der Waals surface area contributed by atoms with Gasteiger partial charge in [-0.2, -0.15) is 0 Å². The van der Waals surface area contributed by atoms with Crippen LogP contribution >= 0.6 is 11.3 Å². The summed E-state index contributed by atoms with van der Waals surface area (Å²) in [5, 5.41) is 12.3. The van der Waals surface area contributed by atoms with Crippen LogP contribution in [0.25, 0.3) is 0 Å². The van der Waals surface area contributed by atoms with E-state index in [0.717, 1.165) is 17.8 Å². The van der Waals surface area contributed by atoms with E-state index in [9.17, 15) is 9.18 Å². The maximum absolute atomic E-state index is 13.1. The highest BCUT2D eigenvalue weighted by molar-refractivity contribution is 7.15. The molecule has 1 heterocycles. The number of aromatic nitrogens is 2. The fraction of sp³-hybridized carbons (Fsp3) is 0.400. The molecule has 4 nitrogen and oxygen atoms in total. The van der Waals surface area contributed by atoms with Gasteiger partial charge < -0.3 is 5.32 Å². The van der Waals surface area contributed by atoms with Crippen molar-refractivity contribution >= 4 is 22.4 Å². The van der Waals surface area contributed by atoms with Crippen molar-refractivity contribution in [3.8, 4) is 0 Å². The van der Waals surface area contributed by atoms with Gasteiger partial charge in [0.05, 0.1) is 6.42 Å². The zero-order valence-electron chi connectivity index (χ0n) is 12.1. The van der Waals surface area contributed by atoms with Gasteiger partial charge in [0, 0.05) is 5.92 Å². The first-order valence-electron chi connectivity index (χ1n) is 7.00. The molecule has 1 N–H and O–H groups in total. The minimum Gasteiger partial charge on any atom is -0.300 e. The molecule has 0 fully saturated rings. The van der Waals surface area contributed by atoms with Crippen molar-refractivity contribution in [1.82, 2.24) is 10.2 Å². The highest BCUT2D eigenvalue weighted by atomic mass is 32.1. The number of rotatable bonds is 6. The van der Waals surface area contributed by atoms with Crippen molar-refractivity contribution in [3.05, 3.63) is 40.7 Å². The maximum atomic E-state index is 13.1. The Morgan fingerprint density at radius 3 is 2.76 bits per heavy atom. The number of amides is 1. The third-order valence-electron chi connectivity index (χ3n) is 3.28. The van der Waals surface area contributed by atoms with Gasteiger partial charge in [0.25, 0.3) is 0 Å². The van der Waals surface area contributed by atoms with Crippen LogP contribution in [0.3, 0.4) is 0 Å². The van der Waals surface area contributed by atoms with Crippen LogP contribution in [0.1, 0.15) is 43.2 Å². The third kappa shape index (κ3) is 4.32. The number of nitrogens with zero attached hydrogens (tertiary/aromatic N) is 2. The molecule has 0 saturated heterocycles. The Bertz CT molecular complexity index is 610. The lowest BCUT2D eigenvalue weighted by atomic mass is 10.1. The van der Waals surface area contributed by atoms with Gasteiger partial charge in [-0.05, 0) is 30.5 Å². The van der Waals surface area contributed by atoms with Gasteiger partial charge in [-0.25, -0.2) is 4.39 Å². The van der Waals surface area contributed by atoms with Crippen LogP contribution in [-0.4, -0.2) is 16.1 Å². The smallest absolute Gasteiger partial charge is 0.230 e. The molecule has 0 radical (unpaired) electrons. The van der Waals surface area contributed by atoms with Crippen molar-refractivity contribution in [3.63, 3.8) is 0 Å². The third-order valence-corrected chi connectivity index (χ3v) is 4.28. The molecule has 0 unspecified atom stereocenters. The molecule has 0 aliphatic heterocycles. The van der Waals surface area contributed by atoms with E-state index in [4.69, 9.17) is 0 Å². The number of hydrogen-bond donors (Lipinski definition) is 1. The van der Waals surface area contributed by atoms with Crippen LogP contribution in [0.15, 0.2) is 24.3 Å². The summed E-state index contributed by atoms with van der Waals surface area (Å²) >= 11 is 1.40. The first-order chi connectivity index (χ1) is 10.1. The molecule has 0 saturated carbocycles. The number of hydrogen-bond acceptors (Lipinski definition) is 4. The number of carbonyl (C=O) groups excluding carboxylic acids is 1. The van der Waals surface area contributed by atoms with Crippen molar-refractivity contribution in [2.75, 3.05) is 5.32 Å². The second-order valence-corrected chi connectivity index (χ2v) is 5.82. The maximum Gasteiger partial charge on any atom is 0.230 e. The topological polar surface area (TPSA) is 54.9 Å². The minimum absolute atomic E-state index is 0.123. The zero-order chi connectivity index (χ0) is 15.2. The van der Waals surface area contributed by atoms with Crippen molar-refractivity contribution in [2.45, 2.75) is 39.0 Å². The molecule has 0 atom stereocenters. The van der Waals surface area contributed by atoms with Gasteiger partial charge in [-0.15, -0.1) is 10.2 Å². The Morgan fingerprint density at radius 1 is 1.33 bits per heavy atom. The number of benzene rings is 1. The number of halogens is 1. The second kappa shape index (κ2) is 7.26. The van der Waals surface area contributed by atoms with Crippen molar-refractivity contribution in [2.24, 2.45) is 0 Å². The monoisotopic (exact) mass is 307 g/mol. The van der Waals surface area contributed by atoms with Crippen LogP contribution in [0.5, 0.6) is 0 Å². The molecule has 21 heavy (non-hydrogen) atoms. The van der Waals surface area contributed by atoms with E-state index >= 15 is 0 Å². The SMILES string of the molecule is CCC(CC)c1nnc(NC(=O)Cc2cccc(F)c2)s1. The van der Waals surface area contributed by atoms with E-state index in [1.54, 1.807) is 12.1 Å². The first kappa shape index (κ1) is 15.6. The zero-order valence-corrected chi connectivity index (χ0v) is 12.9. The van der Waals surface area contributed by atoms with E-state index in [2.05, 4.69) is 29.4 Å². The summed E-state index contributed by atoms with van der Waals surface area (Å²) in [6.07, 6.45) is 2.13. The standard InChI is InChI=1S/C15H18FN3OS/c1-3-11(4-2)14-18-19-15(21-14)17-13(20)9-10-6-5-7-12(16)8-10/h5-8,11H,3-4,9H2,1-2H3,(H,17,19,20). The lowest BCUT2D eigenvalue weighted by Crippen LogP contribution is -2.14. The summed E-state index contributed by atoms with van der Waals surface area (Å²) in [4.78, 5) is 11.9. The van der Waals surface area contributed by atoms with Crippen LogP contribution in [0, 0.1) is 5.82 Å². The lowest BCUT2D eigenvalue weighted by Gasteiger charge is -2.05. The van der Waals surface area contributed by atoms with Crippen molar-refractivity contribution < 1.29 is 9.18 Å². The molecule has 1 aromatic carbocycles. The van der Waals surface area contributed by atoms with Gasteiger partial charge in [-0.3, -0.25) is 4.79 Å². The lowest BCUT2D eigenvalue weighted by molar-refractivity contribution is -0.115. The average Bonchev–Trinajstić information content (AvgIpc) is 2.88. The summed E-state index contributed by atoms with van der Waals surface area (Å²) in [6.45, 7) is 4.22. The summed E-state index contributed by atoms with van der Waals surface area (Å²) < 4.78 is 13.1. The van der Waals surface area contributed by atoms with E-state index in [-0.39, 0.29) is 18.1 Å². The Kier molecular flexibility index (Phi) is 5.38. The fourth-order valence-electron chi connectivity index (χ4n) is 2.08.